The first-order valence-electron chi connectivity index (χ1n) is 6.27. The zero-order valence-corrected chi connectivity index (χ0v) is 13.5. The highest BCUT2D eigenvalue weighted by Crippen LogP contribution is 2.26. The SMILES string of the molecule is COc1ccccc1NC(=O)c1cc(S(C)(=O)=O)ccc1Cl. The van der Waals surface area contributed by atoms with Crippen LogP contribution in [-0.4, -0.2) is 27.7 Å². The van der Waals surface area contributed by atoms with Gasteiger partial charge in [-0.3, -0.25) is 4.79 Å². The molecule has 0 aliphatic rings. The third kappa shape index (κ3) is 3.58. The van der Waals surface area contributed by atoms with Gasteiger partial charge in [-0.05, 0) is 30.3 Å². The summed E-state index contributed by atoms with van der Waals surface area (Å²) in [6, 6.07) is 10.9. The molecule has 0 saturated heterocycles. The molecule has 1 N–H and O–H groups in total. The molecule has 1 amide bonds. The summed E-state index contributed by atoms with van der Waals surface area (Å²) in [4.78, 5) is 12.4. The predicted octanol–water partition coefficient (Wildman–Crippen LogP) is 3.00. The average Bonchev–Trinajstić information content (AvgIpc) is 2.47. The molecule has 0 bridgehead atoms. The molecule has 2 aromatic rings. The number of sulfone groups is 1. The van der Waals surface area contributed by atoms with Crippen molar-refractivity contribution in [2.75, 3.05) is 18.7 Å². The number of anilines is 1. The van der Waals surface area contributed by atoms with Crippen LogP contribution in [0.5, 0.6) is 5.75 Å². The first-order chi connectivity index (χ1) is 10.3. The minimum Gasteiger partial charge on any atom is -0.495 e. The smallest absolute Gasteiger partial charge is 0.257 e. The van der Waals surface area contributed by atoms with E-state index in [0.717, 1.165) is 6.26 Å². The normalized spacial score (nSPS) is 11.0. The van der Waals surface area contributed by atoms with E-state index < -0.39 is 15.7 Å². The molecule has 0 unspecified atom stereocenters. The molecule has 0 spiro atoms. The van der Waals surface area contributed by atoms with Crippen molar-refractivity contribution >= 4 is 33.0 Å². The summed E-state index contributed by atoms with van der Waals surface area (Å²) in [7, 11) is -1.94. The molecule has 5 nitrogen and oxygen atoms in total. The second-order valence-electron chi connectivity index (χ2n) is 4.57. The number of rotatable bonds is 4. The van der Waals surface area contributed by atoms with Gasteiger partial charge >= 0.3 is 0 Å². The maximum absolute atomic E-state index is 12.3. The Hall–Kier alpha value is -2.05. The van der Waals surface area contributed by atoms with Gasteiger partial charge in [0, 0.05) is 6.26 Å². The molecule has 7 heteroatoms. The van der Waals surface area contributed by atoms with Crippen molar-refractivity contribution in [3.05, 3.63) is 53.1 Å². The highest BCUT2D eigenvalue weighted by Gasteiger charge is 2.16. The van der Waals surface area contributed by atoms with Gasteiger partial charge in [-0.1, -0.05) is 23.7 Å². The zero-order valence-electron chi connectivity index (χ0n) is 12.0. The quantitative estimate of drug-likeness (QED) is 0.929. The van der Waals surface area contributed by atoms with Crippen molar-refractivity contribution in [1.82, 2.24) is 0 Å². The van der Waals surface area contributed by atoms with Gasteiger partial charge in [0.15, 0.2) is 9.84 Å². The van der Waals surface area contributed by atoms with Crippen molar-refractivity contribution in [3.63, 3.8) is 0 Å². The van der Waals surface area contributed by atoms with Gasteiger partial charge in [-0.15, -0.1) is 0 Å². The molecule has 0 atom stereocenters. The molecule has 2 aromatic carbocycles. The summed E-state index contributed by atoms with van der Waals surface area (Å²) in [6.45, 7) is 0. The molecule has 116 valence electrons. The van der Waals surface area contributed by atoms with Crippen LogP contribution in [0.1, 0.15) is 10.4 Å². The molecule has 0 fully saturated rings. The number of carbonyl (C=O) groups excluding carboxylic acids is 1. The maximum atomic E-state index is 12.3. The van der Waals surface area contributed by atoms with Crippen LogP contribution in [0.15, 0.2) is 47.4 Å². The largest absolute Gasteiger partial charge is 0.495 e. The Bertz CT molecular complexity index is 818. The van der Waals surface area contributed by atoms with E-state index >= 15 is 0 Å². The fourth-order valence-corrected chi connectivity index (χ4v) is 2.70. The van der Waals surface area contributed by atoms with Crippen molar-refractivity contribution in [3.8, 4) is 5.75 Å². The highest BCUT2D eigenvalue weighted by molar-refractivity contribution is 7.90. The van der Waals surface area contributed by atoms with Gasteiger partial charge in [0.1, 0.15) is 5.75 Å². The van der Waals surface area contributed by atoms with Crippen LogP contribution in [0, 0.1) is 0 Å². The Morgan fingerprint density at radius 2 is 1.86 bits per heavy atom. The van der Waals surface area contributed by atoms with Crippen molar-refractivity contribution < 1.29 is 17.9 Å². The summed E-state index contributed by atoms with van der Waals surface area (Å²) >= 11 is 5.99. The Balaban J connectivity index is 2.38. The van der Waals surface area contributed by atoms with E-state index in [0.29, 0.717) is 11.4 Å². The van der Waals surface area contributed by atoms with Crippen LogP contribution in [0.25, 0.3) is 0 Å². The number of carbonyl (C=O) groups is 1. The number of nitrogens with one attached hydrogen (secondary N) is 1. The number of para-hydroxylation sites is 2. The minimum absolute atomic E-state index is 0.0297. The molecule has 0 aliphatic carbocycles. The van der Waals surface area contributed by atoms with Crippen LogP contribution < -0.4 is 10.1 Å². The number of methoxy groups -OCH3 is 1. The summed E-state index contributed by atoms with van der Waals surface area (Å²) in [5.41, 5.74) is 0.548. The lowest BCUT2D eigenvalue weighted by atomic mass is 10.2. The monoisotopic (exact) mass is 339 g/mol. The summed E-state index contributed by atoms with van der Waals surface area (Å²) in [6.07, 6.45) is 1.07. The Labute approximate surface area is 133 Å². The van der Waals surface area contributed by atoms with E-state index in [1.165, 1.54) is 25.3 Å². The number of benzene rings is 2. The number of amides is 1. The molecule has 0 aromatic heterocycles. The summed E-state index contributed by atoms with van der Waals surface area (Å²) in [5, 5.41) is 2.82. The molecule has 0 radical (unpaired) electrons. The van der Waals surface area contributed by atoms with E-state index in [4.69, 9.17) is 16.3 Å². The predicted molar refractivity (Wildman–Crippen MR) is 85.5 cm³/mol. The average molecular weight is 340 g/mol. The molecule has 0 heterocycles. The number of ether oxygens (including phenoxy) is 1. The summed E-state index contributed by atoms with van der Waals surface area (Å²) < 4.78 is 28.3. The fraction of sp³-hybridized carbons (Fsp3) is 0.133. The Morgan fingerprint density at radius 1 is 1.18 bits per heavy atom. The molecule has 0 aliphatic heterocycles. The lowest BCUT2D eigenvalue weighted by molar-refractivity contribution is 0.102. The van der Waals surface area contributed by atoms with Gasteiger partial charge in [-0.25, -0.2) is 8.42 Å². The molecular formula is C15H14ClNO4S. The van der Waals surface area contributed by atoms with Gasteiger partial charge in [-0.2, -0.15) is 0 Å². The van der Waals surface area contributed by atoms with Gasteiger partial charge in [0.2, 0.25) is 0 Å². The lowest BCUT2D eigenvalue weighted by Gasteiger charge is -2.11. The van der Waals surface area contributed by atoms with Crippen LogP contribution in [0.2, 0.25) is 5.02 Å². The Morgan fingerprint density at radius 3 is 2.50 bits per heavy atom. The van der Waals surface area contributed by atoms with Gasteiger partial charge in [0.25, 0.3) is 5.91 Å². The van der Waals surface area contributed by atoms with Crippen LogP contribution in [0.3, 0.4) is 0 Å². The highest BCUT2D eigenvalue weighted by atomic mass is 35.5. The molecule has 0 saturated carbocycles. The minimum atomic E-state index is -3.42. The summed E-state index contributed by atoms with van der Waals surface area (Å²) in [5.74, 6) is -0.0220. The topological polar surface area (TPSA) is 72.5 Å². The number of hydrogen-bond donors (Lipinski definition) is 1. The van der Waals surface area contributed by atoms with E-state index in [1.54, 1.807) is 24.3 Å². The third-order valence-corrected chi connectivity index (χ3v) is 4.41. The zero-order chi connectivity index (χ0) is 16.3. The standard InChI is InChI=1S/C15H14ClNO4S/c1-21-14-6-4-3-5-13(14)17-15(18)11-9-10(22(2,19)20)7-8-12(11)16/h3-9H,1-2H3,(H,17,18). The van der Waals surface area contributed by atoms with Gasteiger partial charge in [0.05, 0.1) is 28.3 Å². The third-order valence-electron chi connectivity index (χ3n) is 2.97. The molecule has 2 rings (SSSR count). The molecule has 22 heavy (non-hydrogen) atoms. The van der Waals surface area contributed by atoms with Crippen LogP contribution in [-0.2, 0) is 9.84 Å². The number of halogens is 1. The first kappa shape index (κ1) is 16.3. The fourth-order valence-electron chi connectivity index (χ4n) is 1.85. The second kappa shape index (κ2) is 6.37. The first-order valence-corrected chi connectivity index (χ1v) is 8.54. The van der Waals surface area contributed by atoms with Crippen molar-refractivity contribution in [2.45, 2.75) is 4.90 Å². The lowest BCUT2D eigenvalue weighted by Crippen LogP contribution is -2.14. The Kier molecular flexibility index (Phi) is 4.73. The molecular weight excluding hydrogens is 326 g/mol. The van der Waals surface area contributed by atoms with E-state index in [-0.39, 0.29) is 15.5 Å². The van der Waals surface area contributed by atoms with E-state index in [1.807, 2.05) is 0 Å². The second-order valence-corrected chi connectivity index (χ2v) is 6.99. The van der Waals surface area contributed by atoms with Crippen molar-refractivity contribution in [2.24, 2.45) is 0 Å². The number of hydrogen-bond acceptors (Lipinski definition) is 4. The van der Waals surface area contributed by atoms with E-state index in [2.05, 4.69) is 5.32 Å². The van der Waals surface area contributed by atoms with Gasteiger partial charge < -0.3 is 10.1 Å². The van der Waals surface area contributed by atoms with Crippen LogP contribution in [0.4, 0.5) is 5.69 Å². The maximum Gasteiger partial charge on any atom is 0.257 e. The van der Waals surface area contributed by atoms with E-state index in [9.17, 15) is 13.2 Å². The van der Waals surface area contributed by atoms with Crippen molar-refractivity contribution in [1.29, 1.82) is 0 Å². The van der Waals surface area contributed by atoms with Crippen LogP contribution >= 0.6 is 11.6 Å².